The Morgan fingerprint density at radius 1 is 1.00 bits per heavy atom. The lowest BCUT2D eigenvalue weighted by atomic mass is 9.85. The average molecular weight is 157 g/mol. The Bertz CT molecular complexity index is 76.9. The van der Waals surface area contributed by atoms with E-state index in [1.54, 1.807) is 0 Å². The van der Waals surface area contributed by atoms with E-state index in [0.717, 1.165) is 0 Å². The molecule has 0 bridgehead atoms. The lowest BCUT2D eigenvalue weighted by Gasteiger charge is -2.20. The number of rotatable bonds is 0. The van der Waals surface area contributed by atoms with Gasteiger partial charge in [0.05, 0.1) is 0 Å². The Morgan fingerprint density at radius 2 is 1.64 bits per heavy atom. The molecular weight excluding hydrogens is 134 g/mol. The number of nitrogens with one attached hydrogen (secondary N) is 1. The third-order valence-corrected chi connectivity index (χ3v) is 2.19. The first-order valence-corrected chi connectivity index (χ1v) is 4.91. The molecule has 0 atom stereocenters. The minimum Gasteiger partial charge on any atom is -0.317 e. The zero-order chi connectivity index (χ0) is 8.74. The summed E-state index contributed by atoms with van der Waals surface area (Å²) in [6.07, 6.45) is 4.08. The summed E-state index contributed by atoms with van der Waals surface area (Å²) in [7, 11) is 0. The van der Waals surface area contributed by atoms with Crippen LogP contribution >= 0.6 is 0 Å². The first-order chi connectivity index (χ1) is 5.21. The first-order valence-electron chi connectivity index (χ1n) is 4.91. The summed E-state index contributed by atoms with van der Waals surface area (Å²) in [5.74, 6) is 0. The second-order valence-electron chi connectivity index (χ2n) is 3.77. The Balaban J connectivity index is 0.000000461. The molecule has 11 heavy (non-hydrogen) atoms. The summed E-state index contributed by atoms with van der Waals surface area (Å²) in [4.78, 5) is 0. The lowest BCUT2D eigenvalue weighted by Crippen LogP contribution is -2.16. The highest BCUT2D eigenvalue weighted by Crippen LogP contribution is 2.27. The molecule has 1 N–H and O–H groups in total. The van der Waals surface area contributed by atoms with Crippen molar-refractivity contribution in [2.45, 2.75) is 47.0 Å². The van der Waals surface area contributed by atoms with Gasteiger partial charge in [0, 0.05) is 0 Å². The van der Waals surface area contributed by atoms with Gasteiger partial charge in [-0.05, 0) is 37.8 Å². The van der Waals surface area contributed by atoms with Crippen molar-refractivity contribution in [3.05, 3.63) is 0 Å². The fourth-order valence-corrected chi connectivity index (χ4v) is 1.37. The fraction of sp³-hybridized carbons (Fsp3) is 1.00. The largest absolute Gasteiger partial charge is 0.317 e. The molecular formula is C10H23N. The molecule has 1 fully saturated rings. The van der Waals surface area contributed by atoms with Crippen LogP contribution in [0.15, 0.2) is 0 Å². The van der Waals surface area contributed by atoms with Gasteiger partial charge in [-0.1, -0.05) is 27.7 Å². The fourth-order valence-electron chi connectivity index (χ4n) is 1.37. The van der Waals surface area contributed by atoms with Crippen molar-refractivity contribution in [2.24, 2.45) is 5.41 Å². The van der Waals surface area contributed by atoms with E-state index in [4.69, 9.17) is 0 Å². The van der Waals surface area contributed by atoms with Gasteiger partial charge in [0.15, 0.2) is 0 Å². The molecule has 0 aliphatic carbocycles. The van der Waals surface area contributed by atoms with Crippen LogP contribution in [0.4, 0.5) is 0 Å². The highest BCUT2D eigenvalue weighted by atomic mass is 14.9. The second kappa shape index (κ2) is 5.59. The van der Waals surface area contributed by atoms with Crippen molar-refractivity contribution in [1.82, 2.24) is 5.32 Å². The van der Waals surface area contributed by atoms with Crippen LogP contribution in [-0.4, -0.2) is 13.1 Å². The molecule has 1 aliphatic heterocycles. The summed E-state index contributed by atoms with van der Waals surface area (Å²) < 4.78 is 0. The van der Waals surface area contributed by atoms with Gasteiger partial charge in [-0.15, -0.1) is 0 Å². The van der Waals surface area contributed by atoms with Crippen LogP contribution in [0.1, 0.15) is 47.0 Å². The SMILES string of the molecule is CC.CC1(C)CCCNCC1. The maximum Gasteiger partial charge on any atom is -0.00438 e. The second-order valence-corrected chi connectivity index (χ2v) is 3.77. The van der Waals surface area contributed by atoms with Crippen molar-refractivity contribution in [1.29, 1.82) is 0 Å². The summed E-state index contributed by atoms with van der Waals surface area (Å²) in [6.45, 7) is 11.2. The molecule has 1 heteroatoms. The third kappa shape index (κ3) is 5.25. The normalized spacial score (nSPS) is 22.9. The summed E-state index contributed by atoms with van der Waals surface area (Å²) in [5, 5.41) is 3.40. The van der Waals surface area contributed by atoms with Crippen LogP contribution in [0.5, 0.6) is 0 Å². The van der Waals surface area contributed by atoms with Gasteiger partial charge in [0.2, 0.25) is 0 Å². The van der Waals surface area contributed by atoms with Gasteiger partial charge < -0.3 is 5.32 Å². The van der Waals surface area contributed by atoms with Crippen LogP contribution < -0.4 is 5.32 Å². The van der Waals surface area contributed by atoms with E-state index < -0.39 is 0 Å². The minimum atomic E-state index is 0.601. The maximum absolute atomic E-state index is 3.40. The molecule has 0 aromatic heterocycles. The van der Waals surface area contributed by atoms with Crippen LogP contribution in [0.2, 0.25) is 0 Å². The van der Waals surface area contributed by atoms with Crippen molar-refractivity contribution < 1.29 is 0 Å². The standard InChI is InChI=1S/C8H17N.C2H6/c1-8(2)4-3-6-9-7-5-8;1-2/h9H,3-7H2,1-2H3;1-2H3. The quantitative estimate of drug-likeness (QED) is 0.570. The van der Waals surface area contributed by atoms with E-state index in [-0.39, 0.29) is 0 Å². The highest BCUT2D eigenvalue weighted by molar-refractivity contribution is 4.73. The van der Waals surface area contributed by atoms with Gasteiger partial charge in [-0.2, -0.15) is 0 Å². The summed E-state index contributed by atoms with van der Waals surface area (Å²) in [6, 6.07) is 0. The molecule has 0 spiro atoms. The van der Waals surface area contributed by atoms with Crippen LogP contribution in [0.3, 0.4) is 0 Å². The third-order valence-electron chi connectivity index (χ3n) is 2.19. The molecule has 1 heterocycles. The van der Waals surface area contributed by atoms with E-state index in [0.29, 0.717) is 5.41 Å². The zero-order valence-electron chi connectivity index (χ0n) is 8.54. The summed E-state index contributed by atoms with van der Waals surface area (Å²) >= 11 is 0. The molecule has 0 unspecified atom stereocenters. The van der Waals surface area contributed by atoms with Crippen LogP contribution in [-0.2, 0) is 0 Å². The van der Waals surface area contributed by atoms with Crippen LogP contribution in [0.25, 0.3) is 0 Å². The van der Waals surface area contributed by atoms with Gasteiger partial charge >= 0.3 is 0 Å². The van der Waals surface area contributed by atoms with E-state index in [1.807, 2.05) is 13.8 Å². The van der Waals surface area contributed by atoms with Crippen molar-refractivity contribution >= 4 is 0 Å². The van der Waals surface area contributed by atoms with E-state index in [2.05, 4.69) is 19.2 Å². The Morgan fingerprint density at radius 3 is 2.27 bits per heavy atom. The Kier molecular flexibility index (Phi) is 5.57. The monoisotopic (exact) mass is 157 g/mol. The number of hydrogen-bond acceptors (Lipinski definition) is 1. The minimum absolute atomic E-state index is 0.601. The molecule has 1 nitrogen and oxygen atoms in total. The molecule has 0 saturated carbocycles. The topological polar surface area (TPSA) is 12.0 Å². The maximum atomic E-state index is 3.40. The van der Waals surface area contributed by atoms with Crippen molar-refractivity contribution in [2.75, 3.05) is 13.1 Å². The molecule has 68 valence electrons. The van der Waals surface area contributed by atoms with E-state index in [1.165, 1.54) is 32.4 Å². The molecule has 0 aromatic carbocycles. The molecule has 0 radical (unpaired) electrons. The zero-order valence-corrected chi connectivity index (χ0v) is 8.54. The molecule has 0 amide bonds. The van der Waals surface area contributed by atoms with Crippen molar-refractivity contribution in [3.8, 4) is 0 Å². The van der Waals surface area contributed by atoms with Gasteiger partial charge in [-0.3, -0.25) is 0 Å². The lowest BCUT2D eigenvalue weighted by molar-refractivity contribution is 0.323. The smallest absolute Gasteiger partial charge is 0.00438 e. The molecule has 1 rings (SSSR count). The predicted octanol–water partition coefficient (Wildman–Crippen LogP) is 2.81. The molecule has 1 saturated heterocycles. The van der Waals surface area contributed by atoms with Crippen LogP contribution in [0, 0.1) is 5.41 Å². The highest BCUT2D eigenvalue weighted by Gasteiger charge is 2.18. The predicted molar refractivity (Wildman–Crippen MR) is 51.8 cm³/mol. The van der Waals surface area contributed by atoms with Gasteiger partial charge in [0.1, 0.15) is 0 Å². The average Bonchev–Trinajstić information content (AvgIpc) is 2.17. The Labute approximate surface area is 71.6 Å². The molecule has 0 aromatic rings. The number of hydrogen-bond donors (Lipinski definition) is 1. The molecule has 1 aliphatic rings. The van der Waals surface area contributed by atoms with E-state index >= 15 is 0 Å². The van der Waals surface area contributed by atoms with Crippen molar-refractivity contribution in [3.63, 3.8) is 0 Å². The van der Waals surface area contributed by atoms with Gasteiger partial charge in [0.25, 0.3) is 0 Å². The first kappa shape index (κ1) is 11.0. The van der Waals surface area contributed by atoms with E-state index in [9.17, 15) is 0 Å². The van der Waals surface area contributed by atoms with Gasteiger partial charge in [-0.25, -0.2) is 0 Å². The Hall–Kier alpha value is -0.0400. The summed E-state index contributed by atoms with van der Waals surface area (Å²) in [5.41, 5.74) is 0.601.